The maximum absolute atomic E-state index is 12.7. The first kappa shape index (κ1) is 17.5. The van der Waals surface area contributed by atoms with Crippen LogP contribution in [0.1, 0.15) is 5.56 Å². The number of halogens is 2. The molecule has 130 valence electrons. The van der Waals surface area contributed by atoms with Gasteiger partial charge in [0.2, 0.25) is 0 Å². The summed E-state index contributed by atoms with van der Waals surface area (Å²) in [7, 11) is 0. The van der Waals surface area contributed by atoms with E-state index in [2.05, 4.69) is 15.0 Å². The lowest BCUT2D eigenvalue weighted by Gasteiger charge is -2.11. The van der Waals surface area contributed by atoms with E-state index >= 15 is 0 Å². The Morgan fingerprint density at radius 3 is 2.81 bits per heavy atom. The van der Waals surface area contributed by atoms with E-state index in [0.29, 0.717) is 10.5 Å². The summed E-state index contributed by atoms with van der Waals surface area (Å²) >= 11 is 1.20. The van der Waals surface area contributed by atoms with Crippen LogP contribution in [0.15, 0.2) is 53.5 Å². The molecule has 0 saturated carbocycles. The van der Waals surface area contributed by atoms with Crippen molar-refractivity contribution in [3.63, 3.8) is 0 Å². The van der Waals surface area contributed by atoms with Crippen molar-refractivity contribution in [1.82, 2.24) is 4.98 Å². The molecule has 2 aromatic carbocycles. The van der Waals surface area contributed by atoms with Gasteiger partial charge in [-0.1, -0.05) is 30.3 Å². The third-order valence-corrected chi connectivity index (χ3v) is 4.14. The SMILES string of the molecule is N#C/C(=C\c1c(OC(F)F)ccc2ccccc12)C(=O)Nc1nccs1. The van der Waals surface area contributed by atoms with Crippen molar-refractivity contribution < 1.29 is 18.3 Å². The van der Waals surface area contributed by atoms with Crippen LogP contribution in [0.5, 0.6) is 5.75 Å². The Hall–Kier alpha value is -3.31. The number of anilines is 1. The second-order valence-corrected chi connectivity index (χ2v) is 5.93. The molecule has 0 fully saturated rings. The lowest BCUT2D eigenvalue weighted by molar-refractivity contribution is -0.112. The summed E-state index contributed by atoms with van der Waals surface area (Å²) in [4.78, 5) is 16.2. The zero-order valence-corrected chi connectivity index (χ0v) is 14.0. The molecule has 1 aromatic heterocycles. The van der Waals surface area contributed by atoms with Gasteiger partial charge in [0, 0.05) is 17.1 Å². The molecule has 0 aliphatic heterocycles. The molecule has 1 N–H and O–H groups in total. The topological polar surface area (TPSA) is 75.0 Å². The molecule has 0 bridgehead atoms. The average Bonchev–Trinajstić information content (AvgIpc) is 3.13. The van der Waals surface area contributed by atoms with Crippen molar-refractivity contribution in [2.24, 2.45) is 0 Å². The molecular weight excluding hydrogens is 360 g/mol. The largest absolute Gasteiger partial charge is 0.434 e. The summed E-state index contributed by atoms with van der Waals surface area (Å²) in [5.41, 5.74) is -0.0232. The van der Waals surface area contributed by atoms with Gasteiger partial charge in [-0.05, 0) is 22.9 Å². The molecule has 1 heterocycles. The molecule has 5 nitrogen and oxygen atoms in total. The number of nitriles is 1. The van der Waals surface area contributed by atoms with Crippen LogP contribution in [0.4, 0.5) is 13.9 Å². The predicted molar refractivity (Wildman–Crippen MR) is 94.9 cm³/mol. The van der Waals surface area contributed by atoms with Crippen molar-refractivity contribution >= 4 is 39.2 Å². The van der Waals surface area contributed by atoms with Crippen molar-refractivity contribution in [3.8, 4) is 11.8 Å². The number of carbonyl (C=O) groups excluding carboxylic acids is 1. The lowest BCUT2D eigenvalue weighted by Crippen LogP contribution is -2.13. The van der Waals surface area contributed by atoms with Crippen LogP contribution in [0.2, 0.25) is 0 Å². The number of thiazole rings is 1. The summed E-state index contributed by atoms with van der Waals surface area (Å²) in [5, 5.41) is 15.2. The minimum absolute atomic E-state index is 0.117. The minimum Gasteiger partial charge on any atom is -0.434 e. The van der Waals surface area contributed by atoms with Crippen LogP contribution in [0.25, 0.3) is 16.8 Å². The smallest absolute Gasteiger partial charge is 0.387 e. The highest BCUT2D eigenvalue weighted by atomic mass is 32.1. The fourth-order valence-electron chi connectivity index (χ4n) is 2.37. The number of alkyl halides is 2. The van der Waals surface area contributed by atoms with Gasteiger partial charge in [-0.2, -0.15) is 14.0 Å². The van der Waals surface area contributed by atoms with Gasteiger partial charge in [-0.3, -0.25) is 10.1 Å². The van der Waals surface area contributed by atoms with E-state index in [1.807, 2.05) is 0 Å². The van der Waals surface area contributed by atoms with Gasteiger partial charge in [0.1, 0.15) is 17.4 Å². The number of aromatic nitrogens is 1. The van der Waals surface area contributed by atoms with Crippen molar-refractivity contribution in [2.75, 3.05) is 5.32 Å². The first-order chi connectivity index (χ1) is 12.6. The summed E-state index contributed by atoms with van der Waals surface area (Å²) < 4.78 is 30.0. The number of nitrogens with one attached hydrogen (secondary N) is 1. The zero-order valence-electron chi connectivity index (χ0n) is 13.1. The van der Waals surface area contributed by atoms with Gasteiger partial charge in [-0.15, -0.1) is 11.3 Å². The van der Waals surface area contributed by atoms with Gasteiger partial charge < -0.3 is 4.74 Å². The molecule has 0 atom stereocenters. The normalized spacial score (nSPS) is 11.4. The standard InChI is InChI=1S/C18H11F2N3O2S/c19-17(20)25-15-6-5-11-3-1-2-4-13(11)14(15)9-12(10-21)16(24)23-18-22-7-8-26-18/h1-9,17H,(H,22,23,24)/b12-9+. The minimum atomic E-state index is -3.03. The summed E-state index contributed by atoms with van der Waals surface area (Å²) in [5.74, 6) is -0.799. The quantitative estimate of drug-likeness (QED) is 0.531. The van der Waals surface area contributed by atoms with E-state index in [1.165, 1.54) is 29.7 Å². The lowest BCUT2D eigenvalue weighted by atomic mass is 10.0. The van der Waals surface area contributed by atoms with E-state index in [1.54, 1.807) is 41.8 Å². The molecule has 1 amide bonds. The number of ether oxygens (including phenoxy) is 1. The molecule has 0 unspecified atom stereocenters. The predicted octanol–water partition coefficient (Wildman–Crippen LogP) is 4.44. The molecule has 0 radical (unpaired) electrons. The maximum Gasteiger partial charge on any atom is 0.387 e. The summed E-state index contributed by atoms with van der Waals surface area (Å²) in [6, 6.07) is 11.8. The number of hydrogen-bond acceptors (Lipinski definition) is 5. The van der Waals surface area contributed by atoms with Crippen molar-refractivity contribution in [3.05, 3.63) is 59.1 Å². The average molecular weight is 371 g/mol. The second-order valence-electron chi connectivity index (χ2n) is 5.04. The first-order valence-corrected chi connectivity index (χ1v) is 8.25. The van der Waals surface area contributed by atoms with E-state index < -0.39 is 12.5 Å². The van der Waals surface area contributed by atoms with E-state index in [4.69, 9.17) is 0 Å². The van der Waals surface area contributed by atoms with Crippen LogP contribution >= 0.6 is 11.3 Å². The number of amides is 1. The molecule has 0 spiro atoms. The number of rotatable bonds is 5. The number of carbonyl (C=O) groups is 1. The Morgan fingerprint density at radius 1 is 1.31 bits per heavy atom. The number of hydrogen-bond donors (Lipinski definition) is 1. The third-order valence-electron chi connectivity index (χ3n) is 3.45. The second kappa shape index (κ2) is 7.72. The number of nitrogens with zero attached hydrogens (tertiary/aromatic N) is 2. The molecule has 26 heavy (non-hydrogen) atoms. The van der Waals surface area contributed by atoms with E-state index in [9.17, 15) is 18.8 Å². The van der Waals surface area contributed by atoms with Gasteiger partial charge in [0.25, 0.3) is 5.91 Å². The number of fused-ring (bicyclic) bond motifs is 1. The van der Waals surface area contributed by atoms with E-state index in [0.717, 1.165) is 5.39 Å². The molecular formula is C18H11F2N3O2S. The molecule has 3 rings (SSSR count). The van der Waals surface area contributed by atoms with Crippen LogP contribution in [0.3, 0.4) is 0 Å². The Morgan fingerprint density at radius 2 is 2.12 bits per heavy atom. The van der Waals surface area contributed by atoms with Gasteiger partial charge >= 0.3 is 6.61 Å². The van der Waals surface area contributed by atoms with Gasteiger partial charge in [0.15, 0.2) is 5.13 Å². The van der Waals surface area contributed by atoms with Crippen molar-refractivity contribution in [1.29, 1.82) is 5.26 Å². The number of benzene rings is 2. The fourth-order valence-corrected chi connectivity index (χ4v) is 2.89. The first-order valence-electron chi connectivity index (χ1n) is 7.37. The molecule has 0 aliphatic rings. The summed E-state index contributed by atoms with van der Waals surface area (Å²) in [6.45, 7) is -3.03. The van der Waals surface area contributed by atoms with E-state index in [-0.39, 0.29) is 16.9 Å². The Labute approximate surface area is 151 Å². The van der Waals surface area contributed by atoms with Gasteiger partial charge in [0.05, 0.1) is 0 Å². The Bertz CT molecular complexity index is 1010. The Kier molecular flexibility index (Phi) is 5.20. The maximum atomic E-state index is 12.7. The van der Waals surface area contributed by atoms with Crippen LogP contribution < -0.4 is 10.1 Å². The van der Waals surface area contributed by atoms with Crippen LogP contribution in [-0.4, -0.2) is 17.5 Å². The van der Waals surface area contributed by atoms with Crippen LogP contribution in [0, 0.1) is 11.3 Å². The summed E-state index contributed by atoms with van der Waals surface area (Å²) in [6.07, 6.45) is 2.75. The van der Waals surface area contributed by atoms with Crippen LogP contribution in [-0.2, 0) is 4.79 Å². The Balaban J connectivity index is 2.07. The zero-order chi connectivity index (χ0) is 18.5. The highest BCUT2D eigenvalue weighted by Gasteiger charge is 2.16. The fraction of sp³-hybridized carbons (Fsp3) is 0.0556. The molecule has 3 aromatic rings. The monoisotopic (exact) mass is 371 g/mol. The highest BCUT2D eigenvalue weighted by molar-refractivity contribution is 7.13. The third kappa shape index (κ3) is 3.84. The highest BCUT2D eigenvalue weighted by Crippen LogP contribution is 2.31. The molecule has 8 heteroatoms. The molecule has 0 saturated heterocycles. The molecule has 0 aliphatic carbocycles. The van der Waals surface area contributed by atoms with Crippen molar-refractivity contribution in [2.45, 2.75) is 6.61 Å². The van der Waals surface area contributed by atoms with Gasteiger partial charge in [-0.25, -0.2) is 4.98 Å².